The zero-order valence-corrected chi connectivity index (χ0v) is 20.7. The first kappa shape index (κ1) is 26.7. The molecule has 0 atom stereocenters. The highest BCUT2D eigenvalue weighted by Crippen LogP contribution is 2.25. The van der Waals surface area contributed by atoms with E-state index in [0.29, 0.717) is 59.4 Å². The lowest BCUT2D eigenvalue weighted by Gasteiger charge is -2.31. The first-order chi connectivity index (χ1) is 16.5. The molecule has 7 nitrogen and oxygen atoms in total. The summed E-state index contributed by atoms with van der Waals surface area (Å²) in [6, 6.07) is 15.1. The van der Waals surface area contributed by atoms with Crippen LogP contribution in [0.15, 0.2) is 41.4 Å². The Labute approximate surface area is 206 Å². The minimum atomic E-state index is 0.0394. The van der Waals surface area contributed by atoms with Crippen LogP contribution < -0.4 is 10.5 Å². The fraction of sp³-hybridized carbons (Fsp3) is 0.385. The summed E-state index contributed by atoms with van der Waals surface area (Å²) in [6.45, 7) is 5.73. The van der Waals surface area contributed by atoms with Gasteiger partial charge < -0.3 is 15.4 Å². The van der Waals surface area contributed by atoms with E-state index >= 15 is 0 Å². The number of nitrogens with two attached hydrogens (primary N) is 1. The van der Waals surface area contributed by atoms with Gasteiger partial charge in [-0.05, 0) is 55.2 Å². The number of amidine groups is 2. The van der Waals surface area contributed by atoms with E-state index in [-0.39, 0.29) is 11.8 Å². The van der Waals surface area contributed by atoms with E-state index in [9.17, 15) is 5.26 Å². The van der Waals surface area contributed by atoms with Crippen LogP contribution in [0.5, 0.6) is 5.75 Å². The SMILES string of the molecule is CC.COc1ccc(CCN=C(N)c2cc(C#N)ccc2C(=N)N2CCC(C#N)CC2)cc1Cl. The number of halogens is 1. The van der Waals surface area contributed by atoms with Gasteiger partial charge in [0.1, 0.15) is 17.4 Å². The normalized spacial score (nSPS) is 13.8. The monoisotopic (exact) mass is 478 g/mol. The van der Waals surface area contributed by atoms with Crippen molar-refractivity contribution >= 4 is 23.3 Å². The number of aliphatic imine (C=N–C) groups is 1. The van der Waals surface area contributed by atoms with Crippen molar-refractivity contribution in [3.63, 3.8) is 0 Å². The number of benzene rings is 2. The van der Waals surface area contributed by atoms with Crippen LogP contribution in [0.1, 0.15) is 48.9 Å². The Bertz CT molecular complexity index is 1110. The summed E-state index contributed by atoms with van der Waals surface area (Å²) in [5.74, 6) is 1.28. The number of hydrogen-bond donors (Lipinski definition) is 2. The molecule has 3 rings (SSSR count). The van der Waals surface area contributed by atoms with Gasteiger partial charge in [0, 0.05) is 36.7 Å². The molecule has 0 aromatic heterocycles. The lowest BCUT2D eigenvalue weighted by Crippen LogP contribution is -2.39. The fourth-order valence-corrected chi connectivity index (χ4v) is 3.97. The number of hydrogen-bond acceptors (Lipinski definition) is 5. The molecule has 1 aliphatic rings. The highest BCUT2D eigenvalue weighted by atomic mass is 35.5. The van der Waals surface area contributed by atoms with E-state index in [1.807, 2.05) is 36.9 Å². The Morgan fingerprint density at radius 1 is 1.18 bits per heavy atom. The highest BCUT2D eigenvalue weighted by molar-refractivity contribution is 6.32. The van der Waals surface area contributed by atoms with Crippen molar-refractivity contribution in [1.29, 1.82) is 15.9 Å². The van der Waals surface area contributed by atoms with Crippen molar-refractivity contribution in [1.82, 2.24) is 4.90 Å². The molecule has 1 saturated heterocycles. The third-order valence-electron chi connectivity index (χ3n) is 5.57. The van der Waals surface area contributed by atoms with Crippen LogP contribution in [0.4, 0.5) is 0 Å². The van der Waals surface area contributed by atoms with E-state index in [4.69, 9.17) is 32.7 Å². The van der Waals surface area contributed by atoms with Crippen molar-refractivity contribution in [2.75, 3.05) is 26.7 Å². The Balaban J connectivity index is 0.00000199. The molecule has 178 valence electrons. The molecule has 1 fully saturated rings. The quantitative estimate of drug-likeness (QED) is 0.458. The van der Waals surface area contributed by atoms with Gasteiger partial charge in [0.2, 0.25) is 0 Å². The maximum atomic E-state index is 9.32. The summed E-state index contributed by atoms with van der Waals surface area (Å²) in [7, 11) is 1.57. The summed E-state index contributed by atoms with van der Waals surface area (Å²) < 4.78 is 5.17. The van der Waals surface area contributed by atoms with Crippen LogP contribution in [0.2, 0.25) is 5.02 Å². The van der Waals surface area contributed by atoms with Crippen molar-refractivity contribution in [2.24, 2.45) is 16.6 Å². The van der Waals surface area contributed by atoms with Gasteiger partial charge in [0.05, 0.1) is 29.8 Å². The van der Waals surface area contributed by atoms with Gasteiger partial charge in [-0.25, -0.2) is 0 Å². The molecule has 2 aromatic rings. The molecular formula is C26H31ClN6O. The smallest absolute Gasteiger partial charge is 0.137 e. The topological polar surface area (TPSA) is 122 Å². The molecule has 0 amide bonds. The summed E-state index contributed by atoms with van der Waals surface area (Å²) in [6.07, 6.45) is 2.10. The number of methoxy groups -OCH3 is 1. The molecule has 0 saturated carbocycles. The Hall–Kier alpha value is -3.55. The molecule has 2 aromatic carbocycles. The molecular weight excluding hydrogens is 448 g/mol. The first-order valence-electron chi connectivity index (χ1n) is 11.4. The second-order valence-electron chi connectivity index (χ2n) is 7.60. The molecule has 1 aliphatic heterocycles. The molecule has 0 aliphatic carbocycles. The summed E-state index contributed by atoms with van der Waals surface area (Å²) >= 11 is 6.19. The second kappa shape index (κ2) is 13.2. The second-order valence-corrected chi connectivity index (χ2v) is 8.00. The van der Waals surface area contributed by atoms with E-state index in [0.717, 1.165) is 18.4 Å². The largest absolute Gasteiger partial charge is 0.495 e. The molecule has 3 N–H and O–H groups in total. The minimum Gasteiger partial charge on any atom is -0.495 e. The van der Waals surface area contributed by atoms with Crippen LogP contribution in [0.3, 0.4) is 0 Å². The van der Waals surface area contributed by atoms with E-state index in [1.54, 1.807) is 25.3 Å². The molecule has 0 bridgehead atoms. The van der Waals surface area contributed by atoms with Gasteiger partial charge in [0.25, 0.3) is 0 Å². The lowest BCUT2D eigenvalue weighted by molar-refractivity contribution is 0.302. The van der Waals surface area contributed by atoms with Crippen LogP contribution in [-0.4, -0.2) is 43.3 Å². The van der Waals surface area contributed by atoms with E-state index in [2.05, 4.69) is 17.1 Å². The lowest BCUT2D eigenvalue weighted by atomic mass is 9.96. The molecule has 0 spiro atoms. The average Bonchev–Trinajstić information content (AvgIpc) is 2.89. The molecule has 0 unspecified atom stereocenters. The van der Waals surface area contributed by atoms with Crippen LogP contribution in [0.25, 0.3) is 0 Å². The van der Waals surface area contributed by atoms with Gasteiger partial charge >= 0.3 is 0 Å². The molecule has 0 radical (unpaired) electrons. The summed E-state index contributed by atoms with van der Waals surface area (Å²) in [5, 5.41) is 27.7. The van der Waals surface area contributed by atoms with Gasteiger partial charge in [-0.15, -0.1) is 0 Å². The molecule has 34 heavy (non-hydrogen) atoms. The number of nitrogens with zero attached hydrogens (tertiary/aromatic N) is 4. The van der Waals surface area contributed by atoms with Gasteiger partial charge in [-0.1, -0.05) is 31.5 Å². The Morgan fingerprint density at radius 3 is 2.47 bits per heavy atom. The van der Waals surface area contributed by atoms with Crippen molar-refractivity contribution in [3.8, 4) is 17.9 Å². The number of ether oxygens (including phenoxy) is 1. The number of rotatable bonds is 6. The summed E-state index contributed by atoms with van der Waals surface area (Å²) in [4.78, 5) is 6.45. The maximum Gasteiger partial charge on any atom is 0.137 e. The van der Waals surface area contributed by atoms with Crippen molar-refractivity contribution < 1.29 is 4.74 Å². The number of nitrogens with one attached hydrogen (secondary N) is 1. The number of piperidine rings is 1. The zero-order chi connectivity index (χ0) is 25.1. The van der Waals surface area contributed by atoms with E-state index < -0.39 is 0 Å². The standard InChI is InChI=1S/C24H25ClN6O.C2H6/c1-32-22-5-3-16(13-21(22)25)6-9-30-23(28)20-12-18(15-27)2-4-19(20)24(29)31-10-7-17(14-26)8-11-31;1-2/h2-5,12-13,17,29H,6-11H2,1H3,(H2,28,30);1-2H3. The van der Waals surface area contributed by atoms with Gasteiger partial charge in [-0.2, -0.15) is 10.5 Å². The van der Waals surface area contributed by atoms with Gasteiger partial charge in [-0.3, -0.25) is 10.4 Å². The van der Waals surface area contributed by atoms with Crippen molar-refractivity contribution in [2.45, 2.75) is 33.1 Å². The third kappa shape index (κ3) is 6.73. The number of nitriles is 2. The first-order valence-corrected chi connectivity index (χ1v) is 11.7. The van der Waals surface area contributed by atoms with Crippen LogP contribution in [0, 0.1) is 34.0 Å². The summed E-state index contributed by atoms with van der Waals surface area (Å²) in [5.41, 5.74) is 8.98. The molecule has 8 heteroatoms. The van der Waals surface area contributed by atoms with E-state index in [1.165, 1.54) is 0 Å². The maximum absolute atomic E-state index is 9.32. The average molecular weight is 479 g/mol. The highest BCUT2D eigenvalue weighted by Gasteiger charge is 2.23. The Kier molecular flexibility index (Phi) is 10.4. The van der Waals surface area contributed by atoms with Gasteiger partial charge in [0.15, 0.2) is 0 Å². The van der Waals surface area contributed by atoms with Crippen molar-refractivity contribution in [3.05, 3.63) is 63.7 Å². The third-order valence-corrected chi connectivity index (χ3v) is 5.87. The fourth-order valence-electron chi connectivity index (χ4n) is 3.69. The number of likely N-dealkylation sites (tertiary alicyclic amines) is 1. The molecule has 1 heterocycles. The van der Waals surface area contributed by atoms with Crippen LogP contribution >= 0.6 is 11.6 Å². The predicted molar refractivity (Wildman–Crippen MR) is 137 cm³/mol. The zero-order valence-electron chi connectivity index (χ0n) is 19.9. The minimum absolute atomic E-state index is 0.0394. The van der Waals surface area contributed by atoms with Crippen LogP contribution in [-0.2, 0) is 6.42 Å². The predicted octanol–water partition coefficient (Wildman–Crippen LogP) is 4.76. The Morgan fingerprint density at radius 2 is 1.88 bits per heavy atom.